The molecule has 0 heterocycles. The third-order valence-corrected chi connectivity index (χ3v) is 2.78. The van der Waals surface area contributed by atoms with Gasteiger partial charge in [0.2, 0.25) is 5.91 Å². The van der Waals surface area contributed by atoms with E-state index in [1.165, 1.54) is 12.1 Å². The van der Waals surface area contributed by atoms with Gasteiger partial charge in [0.25, 0.3) is 5.69 Å². The molecule has 0 atom stereocenters. The molecular formula is C12H17N3O4. The second-order valence-corrected chi connectivity index (χ2v) is 3.92. The van der Waals surface area contributed by atoms with Crippen LogP contribution in [0.2, 0.25) is 0 Å². The topological polar surface area (TPSA) is 95.7 Å². The number of hydrogen-bond donors (Lipinski definition) is 2. The van der Waals surface area contributed by atoms with Gasteiger partial charge >= 0.3 is 0 Å². The van der Waals surface area contributed by atoms with E-state index < -0.39 is 4.92 Å². The van der Waals surface area contributed by atoms with Crippen molar-refractivity contribution in [3.05, 3.63) is 33.9 Å². The normalized spacial score (nSPS) is 10.1. The van der Waals surface area contributed by atoms with Gasteiger partial charge in [-0.2, -0.15) is 0 Å². The van der Waals surface area contributed by atoms with Crippen LogP contribution in [0, 0.1) is 10.1 Å². The Labute approximate surface area is 111 Å². The molecule has 1 rings (SSSR count). The van der Waals surface area contributed by atoms with Crippen LogP contribution in [0.4, 0.5) is 11.4 Å². The fourth-order valence-electron chi connectivity index (χ4n) is 1.74. The van der Waals surface area contributed by atoms with Gasteiger partial charge in [0.15, 0.2) is 0 Å². The summed E-state index contributed by atoms with van der Waals surface area (Å²) in [7, 11) is 1.54. The van der Waals surface area contributed by atoms with E-state index in [2.05, 4.69) is 5.32 Å². The van der Waals surface area contributed by atoms with Crippen molar-refractivity contribution in [2.75, 3.05) is 25.0 Å². The van der Waals surface area contributed by atoms with Crippen LogP contribution in [0.1, 0.15) is 12.5 Å². The molecule has 0 aliphatic carbocycles. The number of nitro benzene ring substituents is 1. The first-order valence-corrected chi connectivity index (χ1v) is 5.87. The number of nitrogens with zero attached hydrogens (tertiary/aromatic N) is 2. The maximum atomic E-state index is 11.4. The number of benzene rings is 1. The molecule has 0 saturated heterocycles. The molecule has 0 aliphatic heterocycles. The highest BCUT2D eigenvalue weighted by atomic mass is 16.6. The molecule has 7 heteroatoms. The first-order chi connectivity index (χ1) is 9.03. The number of amides is 1. The van der Waals surface area contributed by atoms with Crippen LogP contribution >= 0.6 is 0 Å². The lowest BCUT2D eigenvalue weighted by Gasteiger charge is -2.24. The van der Waals surface area contributed by atoms with Crippen molar-refractivity contribution in [3.8, 4) is 0 Å². The van der Waals surface area contributed by atoms with Crippen LogP contribution in [0.15, 0.2) is 18.2 Å². The van der Waals surface area contributed by atoms with E-state index in [4.69, 9.17) is 0 Å². The zero-order valence-corrected chi connectivity index (χ0v) is 10.9. The number of nitrogens with one attached hydrogen (secondary N) is 1. The molecule has 0 radical (unpaired) electrons. The minimum Gasteiger partial charge on any atom is -0.392 e. The average Bonchev–Trinajstić information content (AvgIpc) is 2.43. The highest BCUT2D eigenvalue weighted by molar-refractivity contribution is 5.81. The van der Waals surface area contributed by atoms with Crippen LogP contribution in [0.3, 0.4) is 0 Å². The van der Waals surface area contributed by atoms with Crippen LogP contribution < -0.4 is 10.2 Å². The second kappa shape index (κ2) is 6.69. The molecule has 1 aromatic rings. The molecule has 0 fully saturated rings. The van der Waals surface area contributed by atoms with E-state index in [0.29, 0.717) is 17.8 Å². The molecule has 1 aromatic carbocycles. The molecular weight excluding hydrogens is 250 g/mol. The number of hydrogen-bond acceptors (Lipinski definition) is 5. The number of carbonyl (C=O) groups excluding carboxylic acids is 1. The van der Waals surface area contributed by atoms with E-state index in [-0.39, 0.29) is 24.7 Å². The molecule has 2 N–H and O–H groups in total. The van der Waals surface area contributed by atoms with Crippen molar-refractivity contribution in [3.63, 3.8) is 0 Å². The van der Waals surface area contributed by atoms with E-state index >= 15 is 0 Å². The predicted molar refractivity (Wildman–Crippen MR) is 71.0 cm³/mol. The lowest BCUT2D eigenvalue weighted by Crippen LogP contribution is -2.36. The Morgan fingerprint density at radius 2 is 2.21 bits per heavy atom. The minimum atomic E-state index is -0.516. The molecule has 0 aromatic heterocycles. The number of carbonyl (C=O) groups is 1. The zero-order valence-electron chi connectivity index (χ0n) is 10.9. The fraction of sp³-hybridized carbons (Fsp3) is 0.417. The molecule has 0 saturated carbocycles. The molecule has 7 nitrogen and oxygen atoms in total. The highest BCUT2D eigenvalue weighted by Crippen LogP contribution is 2.25. The summed E-state index contributed by atoms with van der Waals surface area (Å²) in [5, 5.41) is 22.5. The van der Waals surface area contributed by atoms with Crippen molar-refractivity contribution < 1.29 is 14.8 Å². The first-order valence-electron chi connectivity index (χ1n) is 5.87. The van der Waals surface area contributed by atoms with E-state index in [1.54, 1.807) is 18.0 Å². The molecule has 0 unspecified atom stereocenters. The van der Waals surface area contributed by atoms with Crippen molar-refractivity contribution in [1.82, 2.24) is 5.32 Å². The van der Waals surface area contributed by atoms with Crippen molar-refractivity contribution in [2.24, 2.45) is 0 Å². The number of aliphatic hydroxyl groups is 1. The second-order valence-electron chi connectivity index (χ2n) is 3.92. The summed E-state index contributed by atoms with van der Waals surface area (Å²) in [4.78, 5) is 23.3. The summed E-state index contributed by atoms with van der Waals surface area (Å²) < 4.78 is 0. The lowest BCUT2D eigenvalue weighted by molar-refractivity contribution is -0.384. The van der Waals surface area contributed by atoms with Gasteiger partial charge in [-0.1, -0.05) is 0 Å². The van der Waals surface area contributed by atoms with Gasteiger partial charge in [0.1, 0.15) is 0 Å². The number of likely N-dealkylation sites (N-methyl/N-ethyl adjacent to an activating group) is 2. The van der Waals surface area contributed by atoms with E-state index in [0.717, 1.165) is 0 Å². The van der Waals surface area contributed by atoms with Crippen molar-refractivity contribution >= 4 is 17.3 Å². The molecule has 0 aliphatic rings. The molecule has 19 heavy (non-hydrogen) atoms. The van der Waals surface area contributed by atoms with Crippen LogP contribution in [-0.2, 0) is 11.4 Å². The van der Waals surface area contributed by atoms with Gasteiger partial charge < -0.3 is 15.3 Å². The number of aliphatic hydroxyl groups excluding tert-OH is 1. The standard InChI is InChI=1S/C12H17N3O4/c1-3-14(7-12(17)13-2)11-5-4-10(15(18)19)6-9(11)8-16/h4-6,16H,3,7-8H2,1-2H3,(H,13,17). The fourth-order valence-corrected chi connectivity index (χ4v) is 1.74. The van der Waals surface area contributed by atoms with Gasteiger partial charge in [-0.05, 0) is 13.0 Å². The van der Waals surface area contributed by atoms with Gasteiger partial charge in [0.05, 0.1) is 18.1 Å². The molecule has 104 valence electrons. The summed E-state index contributed by atoms with van der Waals surface area (Å²) >= 11 is 0. The minimum absolute atomic E-state index is 0.0798. The summed E-state index contributed by atoms with van der Waals surface area (Å²) in [5.74, 6) is -0.163. The predicted octanol–water partition coefficient (Wildman–Crippen LogP) is 0.659. The van der Waals surface area contributed by atoms with Gasteiger partial charge in [0, 0.05) is 37.0 Å². The first kappa shape index (κ1) is 14.9. The SMILES string of the molecule is CCN(CC(=O)NC)c1ccc([N+](=O)[O-])cc1CO. The Bertz CT molecular complexity index is 476. The number of rotatable bonds is 6. The number of non-ortho nitro benzene ring substituents is 1. The maximum absolute atomic E-state index is 11.4. The Morgan fingerprint density at radius 3 is 2.68 bits per heavy atom. The van der Waals surface area contributed by atoms with Crippen molar-refractivity contribution in [2.45, 2.75) is 13.5 Å². The Balaban J connectivity index is 3.09. The monoisotopic (exact) mass is 267 g/mol. The van der Waals surface area contributed by atoms with Crippen LogP contribution in [0.5, 0.6) is 0 Å². The smallest absolute Gasteiger partial charge is 0.269 e. The van der Waals surface area contributed by atoms with Crippen molar-refractivity contribution in [1.29, 1.82) is 0 Å². The Kier molecular flexibility index (Phi) is 5.25. The summed E-state index contributed by atoms with van der Waals surface area (Å²) in [6, 6.07) is 4.24. The third-order valence-electron chi connectivity index (χ3n) is 2.78. The van der Waals surface area contributed by atoms with Gasteiger partial charge in [-0.15, -0.1) is 0 Å². The van der Waals surface area contributed by atoms with Crippen LogP contribution in [0.25, 0.3) is 0 Å². The van der Waals surface area contributed by atoms with Gasteiger partial charge in [-0.3, -0.25) is 14.9 Å². The quantitative estimate of drug-likeness (QED) is 0.583. The number of anilines is 1. The summed E-state index contributed by atoms with van der Waals surface area (Å²) in [5.41, 5.74) is 0.975. The van der Waals surface area contributed by atoms with E-state index in [1.807, 2.05) is 6.92 Å². The molecule has 0 bridgehead atoms. The highest BCUT2D eigenvalue weighted by Gasteiger charge is 2.16. The number of nitro groups is 1. The maximum Gasteiger partial charge on any atom is 0.269 e. The van der Waals surface area contributed by atoms with Crippen LogP contribution in [-0.4, -0.2) is 36.1 Å². The summed E-state index contributed by atoms with van der Waals surface area (Å²) in [6.45, 7) is 2.24. The molecule has 1 amide bonds. The van der Waals surface area contributed by atoms with Gasteiger partial charge in [-0.25, -0.2) is 0 Å². The zero-order chi connectivity index (χ0) is 14.4. The Morgan fingerprint density at radius 1 is 1.53 bits per heavy atom. The lowest BCUT2D eigenvalue weighted by atomic mass is 10.1. The average molecular weight is 267 g/mol. The molecule has 0 spiro atoms. The van der Waals surface area contributed by atoms with E-state index in [9.17, 15) is 20.0 Å². The summed E-state index contributed by atoms with van der Waals surface area (Å²) in [6.07, 6.45) is 0. The third kappa shape index (κ3) is 3.65. The largest absolute Gasteiger partial charge is 0.392 e. The Hall–Kier alpha value is -2.15.